The average Bonchev–Trinajstić information content (AvgIpc) is 2.61. The molecule has 4 nitrogen and oxygen atoms in total. The third kappa shape index (κ3) is 6.42. The van der Waals surface area contributed by atoms with Crippen LogP contribution in [0.5, 0.6) is 0 Å². The first-order chi connectivity index (χ1) is 12.1. The predicted molar refractivity (Wildman–Crippen MR) is 96.8 cm³/mol. The van der Waals surface area contributed by atoms with E-state index in [0.29, 0.717) is 24.3 Å². The molecule has 2 rings (SSSR count). The third-order valence-electron chi connectivity index (χ3n) is 3.83. The normalized spacial score (nSPS) is 10.3. The van der Waals surface area contributed by atoms with Crippen molar-refractivity contribution in [2.45, 2.75) is 33.1 Å². The van der Waals surface area contributed by atoms with Crippen LogP contribution >= 0.6 is 0 Å². The Bertz CT molecular complexity index is 625. The summed E-state index contributed by atoms with van der Waals surface area (Å²) in [5.74, 6) is -0.600. The van der Waals surface area contributed by atoms with Gasteiger partial charge >= 0.3 is 11.9 Å². The van der Waals surface area contributed by atoms with Gasteiger partial charge in [-0.15, -0.1) is 0 Å². The minimum Gasteiger partial charge on any atom is -0.462 e. The van der Waals surface area contributed by atoms with Gasteiger partial charge in [-0.3, -0.25) is 0 Å². The average molecular weight is 340 g/mol. The van der Waals surface area contributed by atoms with Crippen molar-refractivity contribution in [2.24, 2.45) is 0 Å². The van der Waals surface area contributed by atoms with Crippen LogP contribution < -0.4 is 0 Å². The number of esters is 2. The minimum absolute atomic E-state index is 0.300. The van der Waals surface area contributed by atoms with Crippen molar-refractivity contribution < 1.29 is 19.1 Å². The fourth-order valence-corrected chi connectivity index (χ4v) is 2.26. The van der Waals surface area contributed by atoms with E-state index in [2.05, 4.69) is 0 Å². The molecule has 0 heterocycles. The van der Waals surface area contributed by atoms with E-state index in [1.54, 1.807) is 24.3 Å². The molecule has 0 atom stereocenters. The molecule has 0 bridgehead atoms. The van der Waals surface area contributed by atoms with Gasteiger partial charge in [0.2, 0.25) is 0 Å². The molecule has 25 heavy (non-hydrogen) atoms. The largest absolute Gasteiger partial charge is 0.462 e. The molecule has 0 saturated heterocycles. The van der Waals surface area contributed by atoms with E-state index in [4.69, 9.17) is 9.47 Å². The number of hydrogen-bond acceptors (Lipinski definition) is 4. The van der Waals surface area contributed by atoms with Gasteiger partial charge in [0.25, 0.3) is 0 Å². The van der Waals surface area contributed by atoms with E-state index >= 15 is 0 Å². The molecule has 4 heteroatoms. The molecular weight excluding hydrogens is 316 g/mol. The molecule has 0 aliphatic carbocycles. The molecule has 0 radical (unpaired) electrons. The molecular formula is C21H24O4. The monoisotopic (exact) mass is 340 g/mol. The van der Waals surface area contributed by atoms with Gasteiger partial charge in [-0.25, -0.2) is 9.59 Å². The summed E-state index contributed by atoms with van der Waals surface area (Å²) in [6.45, 7) is 4.69. The molecule has 2 aromatic rings. The van der Waals surface area contributed by atoms with Gasteiger partial charge in [0.15, 0.2) is 0 Å². The summed E-state index contributed by atoms with van der Waals surface area (Å²) in [5, 5.41) is 0. The van der Waals surface area contributed by atoms with Crippen LogP contribution in [0.4, 0.5) is 0 Å². The lowest BCUT2D eigenvalue weighted by Gasteiger charge is -2.06. The van der Waals surface area contributed by atoms with Gasteiger partial charge in [-0.1, -0.05) is 35.4 Å². The van der Waals surface area contributed by atoms with Crippen molar-refractivity contribution >= 4 is 11.9 Å². The van der Waals surface area contributed by atoms with E-state index in [-0.39, 0.29) is 11.9 Å². The topological polar surface area (TPSA) is 52.6 Å². The Morgan fingerprint density at radius 2 is 1.00 bits per heavy atom. The number of hydrogen-bond donors (Lipinski definition) is 0. The Kier molecular flexibility index (Phi) is 7.20. The number of unbranched alkanes of at least 4 members (excludes halogenated alkanes) is 2. The first kappa shape index (κ1) is 18.7. The zero-order chi connectivity index (χ0) is 18.1. The van der Waals surface area contributed by atoms with Gasteiger partial charge in [-0.05, 0) is 57.4 Å². The summed E-state index contributed by atoms with van der Waals surface area (Å²) < 4.78 is 10.5. The zero-order valence-electron chi connectivity index (χ0n) is 14.8. The van der Waals surface area contributed by atoms with Crippen LogP contribution in [0.2, 0.25) is 0 Å². The van der Waals surface area contributed by atoms with Gasteiger partial charge in [0, 0.05) is 0 Å². The summed E-state index contributed by atoms with van der Waals surface area (Å²) in [6.07, 6.45) is 2.34. The first-order valence-electron chi connectivity index (χ1n) is 8.54. The fourth-order valence-electron chi connectivity index (χ4n) is 2.26. The van der Waals surface area contributed by atoms with E-state index in [0.717, 1.165) is 30.4 Å². The van der Waals surface area contributed by atoms with Gasteiger partial charge < -0.3 is 9.47 Å². The van der Waals surface area contributed by atoms with Gasteiger partial charge in [0.05, 0.1) is 24.3 Å². The van der Waals surface area contributed by atoms with Crippen molar-refractivity contribution in [2.75, 3.05) is 13.2 Å². The molecule has 0 aromatic heterocycles. The SMILES string of the molecule is Cc1ccc(C(=O)OCCCCCOC(=O)c2ccc(C)cc2)cc1. The first-order valence-corrected chi connectivity index (χ1v) is 8.54. The lowest BCUT2D eigenvalue weighted by molar-refractivity contribution is 0.0478. The van der Waals surface area contributed by atoms with Crippen LogP contribution in [0.15, 0.2) is 48.5 Å². The number of rotatable bonds is 8. The Morgan fingerprint density at radius 1 is 0.640 bits per heavy atom. The van der Waals surface area contributed by atoms with E-state index < -0.39 is 0 Å². The number of benzene rings is 2. The van der Waals surface area contributed by atoms with Crippen LogP contribution in [-0.2, 0) is 9.47 Å². The number of ether oxygens (including phenoxy) is 2. The van der Waals surface area contributed by atoms with Crippen molar-refractivity contribution in [1.29, 1.82) is 0 Å². The highest BCUT2D eigenvalue weighted by atomic mass is 16.5. The highest BCUT2D eigenvalue weighted by Crippen LogP contribution is 2.07. The van der Waals surface area contributed by atoms with Crippen molar-refractivity contribution in [3.8, 4) is 0 Å². The second kappa shape index (κ2) is 9.62. The Morgan fingerprint density at radius 3 is 1.36 bits per heavy atom. The molecule has 0 aliphatic heterocycles. The van der Waals surface area contributed by atoms with Crippen LogP contribution in [0.3, 0.4) is 0 Å². The molecule has 0 saturated carbocycles. The molecule has 0 aliphatic rings. The summed E-state index contributed by atoms with van der Waals surface area (Å²) in [4.78, 5) is 23.6. The Labute approximate surface area is 148 Å². The van der Waals surface area contributed by atoms with Gasteiger partial charge in [0.1, 0.15) is 0 Å². The van der Waals surface area contributed by atoms with Crippen LogP contribution in [0.1, 0.15) is 51.1 Å². The van der Waals surface area contributed by atoms with Crippen molar-refractivity contribution in [3.05, 3.63) is 70.8 Å². The summed E-state index contributed by atoms with van der Waals surface area (Å²) >= 11 is 0. The number of carbonyl (C=O) groups excluding carboxylic acids is 2. The maximum absolute atomic E-state index is 11.8. The third-order valence-corrected chi connectivity index (χ3v) is 3.83. The summed E-state index contributed by atoms with van der Waals surface area (Å²) in [5.41, 5.74) is 3.35. The molecule has 2 aromatic carbocycles. The standard InChI is InChI=1S/C21H24O4/c1-16-6-10-18(11-7-16)20(22)24-14-4-3-5-15-25-21(23)19-12-8-17(2)9-13-19/h6-13H,3-5,14-15H2,1-2H3. The van der Waals surface area contributed by atoms with Crippen LogP contribution in [-0.4, -0.2) is 25.2 Å². The molecule has 0 unspecified atom stereocenters. The van der Waals surface area contributed by atoms with Crippen LogP contribution in [0, 0.1) is 13.8 Å². The van der Waals surface area contributed by atoms with E-state index in [1.807, 2.05) is 38.1 Å². The second-order valence-electron chi connectivity index (χ2n) is 6.06. The maximum Gasteiger partial charge on any atom is 0.338 e. The van der Waals surface area contributed by atoms with Crippen LogP contribution in [0.25, 0.3) is 0 Å². The fraction of sp³-hybridized carbons (Fsp3) is 0.333. The molecule has 0 amide bonds. The molecule has 132 valence electrons. The summed E-state index contributed by atoms with van der Waals surface area (Å²) in [6, 6.07) is 14.6. The zero-order valence-corrected chi connectivity index (χ0v) is 14.8. The number of aryl methyl sites for hydroxylation is 2. The quantitative estimate of drug-likeness (QED) is 0.525. The second-order valence-corrected chi connectivity index (χ2v) is 6.06. The molecule has 0 N–H and O–H groups in total. The lowest BCUT2D eigenvalue weighted by atomic mass is 10.1. The maximum atomic E-state index is 11.8. The van der Waals surface area contributed by atoms with E-state index in [1.165, 1.54) is 0 Å². The van der Waals surface area contributed by atoms with Crippen molar-refractivity contribution in [1.82, 2.24) is 0 Å². The Hall–Kier alpha value is -2.62. The minimum atomic E-state index is -0.300. The van der Waals surface area contributed by atoms with E-state index in [9.17, 15) is 9.59 Å². The lowest BCUT2D eigenvalue weighted by Crippen LogP contribution is -2.08. The highest BCUT2D eigenvalue weighted by molar-refractivity contribution is 5.89. The predicted octanol–water partition coefficient (Wildman–Crippen LogP) is 4.49. The molecule has 0 spiro atoms. The van der Waals surface area contributed by atoms with Crippen molar-refractivity contribution in [3.63, 3.8) is 0 Å². The smallest absolute Gasteiger partial charge is 0.338 e. The van der Waals surface area contributed by atoms with Gasteiger partial charge in [-0.2, -0.15) is 0 Å². The Balaban J connectivity index is 1.56. The molecule has 0 fully saturated rings. The summed E-state index contributed by atoms with van der Waals surface area (Å²) in [7, 11) is 0. The number of carbonyl (C=O) groups is 2. The highest BCUT2D eigenvalue weighted by Gasteiger charge is 2.07.